The Balaban J connectivity index is 1.38. The molecule has 2 N–H and O–H groups in total. The lowest BCUT2D eigenvalue weighted by Gasteiger charge is -2.18. The molecule has 25 heavy (non-hydrogen) atoms. The van der Waals surface area contributed by atoms with Gasteiger partial charge in [-0.05, 0) is 37.5 Å². The van der Waals surface area contributed by atoms with Gasteiger partial charge >= 0.3 is 6.03 Å². The Hall–Kier alpha value is -2.89. The standard InChI is InChI=1S/C19H21N5O/c1-14(17-23-22-16-9-5-6-12-24(16)17)21-18(25)20-13-19(10-11-19)15-7-3-2-4-8-15/h2-9,12,14H,10-11,13H2,1H3,(H2,20,21,25)/t14-/m0/s1. The van der Waals surface area contributed by atoms with E-state index < -0.39 is 0 Å². The van der Waals surface area contributed by atoms with E-state index >= 15 is 0 Å². The molecule has 6 heteroatoms. The summed E-state index contributed by atoms with van der Waals surface area (Å²) in [6, 6.07) is 15.7. The van der Waals surface area contributed by atoms with Crippen LogP contribution in [0.25, 0.3) is 5.65 Å². The monoisotopic (exact) mass is 335 g/mol. The number of amides is 2. The predicted molar refractivity (Wildman–Crippen MR) is 95.3 cm³/mol. The summed E-state index contributed by atoms with van der Waals surface area (Å²) in [5.41, 5.74) is 2.17. The lowest BCUT2D eigenvalue weighted by Crippen LogP contribution is -2.41. The number of rotatable bonds is 5. The highest BCUT2D eigenvalue weighted by Crippen LogP contribution is 2.47. The highest BCUT2D eigenvalue weighted by molar-refractivity contribution is 5.74. The molecule has 2 heterocycles. The van der Waals surface area contributed by atoms with Crippen molar-refractivity contribution in [1.29, 1.82) is 0 Å². The van der Waals surface area contributed by atoms with Gasteiger partial charge in [0.2, 0.25) is 0 Å². The van der Waals surface area contributed by atoms with Crippen molar-refractivity contribution in [2.45, 2.75) is 31.2 Å². The number of urea groups is 1. The molecule has 0 radical (unpaired) electrons. The lowest BCUT2D eigenvalue weighted by atomic mass is 9.96. The zero-order chi connectivity index (χ0) is 17.3. The molecule has 1 aromatic carbocycles. The van der Waals surface area contributed by atoms with Gasteiger partial charge in [0.1, 0.15) is 0 Å². The smallest absolute Gasteiger partial charge is 0.315 e. The maximum Gasteiger partial charge on any atom is 0.315 e. The van der Waals surface area contributed by atoms with E-state index in [1.807, 2.05) is 53.9 Å². The van der Waals surface area contributed by atoms with Gasteiger partial charge in [-0.25, -0.2) is 4.79 Å². The quantitative estimate of drug-likeness (QED) is 0.753. The maximum absolute atomic E-state index is 12.3. The van der Waals surface area contributed by atoms with Gasteiger partial charge in [0.05, 0.1) is 6.04 Å². The minimum absolute atomic E-state index is 0.101. The van der Waals surface area contributed by atoms with Crippen LogP contribution in [0.15, 0.2) is 54.7 Å². The lowest BCUT2D eigenvalue weighted by molar-refractivity contribution is 0.236. The summed E-state index contributed by atoms with van der Waals surface area (Å²) in [6.45, 7) is 2.56. The van der Waals surface area contributed by atoms with E-state index in [4.69, 9.17) is 0 Å². The second-order valence-electron chi connectivity index (χ2n) is 6.68. The summed E-state index contributed by atoms with van der Waals surface area (Å²) in [6.07, 6.45) is 4.12. The molecule has 1 aliphatic carbocycles. The van der Waals surface area contributed by atoms with Crippen LogP contribution in [0.4, 0.5) is 4.79 Å². The fourth-order valence-electron chi connectivity index (χ4n) is 3.23. The number of nitrogens with zero attached hydrogens (tertiary/aromatic N) is 3. The topological polar surface area (TPSA) is 71.3 Å². The molecule has 0 bridgehead atoms. The Morgan fingerprint density at radius 1 is 1.16 bits per heavy atom. The molecule has 128 valence electrons. The van der Waals surface area contributed by atoms with E-state index in [0.717, 1.165) is 24.3 Å². The minimum atomic E-state index is -0.232. The molecule has 1 aliphatic rings. The number of hydrogen-bond donors (Lipinski definition) is 2. The molecule has 2 aromatic heterocycles. The summed E-state index contributed by atoms with van der Waals surface area (Å²) >= 11 is 0. The molecule has 1 atom stereocenters. The van der Waals surface area contributed by atoms with Crippen LogP contribution >= 0.6 is 0 Å². The maximum atomic E-state index is 12.3. The summed E-state index contributed by atoms with van der Waals surface area (Å²) in [5, 5.41) is 14.3. The Morgan fingerprint density at radius 2 is 1.92 bits per heavy atom. The van der Waals surface area contributed by atoms with Crippen molar-refractivity contribution in [2.75, 3.05) is 6.54 Å². The highest BCUT2D eigenvalue weighted by Gasteiger charge is 2.44. The molecule has 2 amide bonds. The zero-order valence-corrected chi connectivity index (χ0v) is 14.1. The SMILES string of the molecule is C[C@H](NC(=O)NCC1(c2ccccc2)CC1)c1nnc2ccccn12. The van der Waals surface area contributed by atoms with E-state index in [9.17, 15) is 4.79 Å². The molecular weight excluding hydrogens is 314 g/mol. The Kier molecular flexibility index (Phi) is 3.87. The van der Waals surface area contributed by atoms with Crippen LogP contribution in [0.5, 0.6) is 0 Å². The van der Waals surface area contributed by atoms with Gasteiger partial charge in [-0.3, -0.25) is 4.40 Å². The Morgan fingerprint density at radius 3 is 2.68 bits per heavy atom. The number of carbonyl (C=O) groups excluding carboxylic acids is 1. The van der Waals surface area contributed by atoms with Crippen LogP contribution < -0.4 is 10.6 Å². The molecule has 0 unspecified atom stereocenters. The number of fused-ring (bicyclic) bond motifs is 1. The van der Waals surface area contributed by atoms with Gasteiger partial charge in [0, 0.05) is 18.2 Å². The molecule has 0 saturated heterocycles. The third-order valence-corrected chi connectivity index (χ3v) is 4.90. The minimum Gasteiger partial charge on any atom is -0.337 e. The van der Waals surface area contributed by atoms with Gasteiger partial charge in [0.15, 0.2) is 11.5 Å². The zero-order valence-electron chi connectivity index (χ0n) is 14.1. The summed E-state index contributed by atoms with van der Waals surface area (Å²) in [4.78, 5) is 12.3. The number of aromatic nitrogens is 3. The Labute approximate surface area is 146 Å². The van der Waals surface area contributed by atoms with E-state index in [0.29, 0.717) is 6.54 Å². The molecule has 3 aromatic rings. The van der Waals surface area contributed by atoms with Crippen molar-refractivity contribution < 1.29 is 4.79 Å². The van der Waals surface area contributed by atoms with Gasteiger partial charge in [-0.15, -0.1) is 10.2 Å². The van der Waals surface area contributed by atoms with Gasteiger partial charge in [0.25, 0.3) is 0 Å². The average Bonchev–Trinajstić information content (AvgIpc) is 3.32. The van der Waals surface area contributed by atoms with Gasteiger partial charge < -0.3 is 10.6 Å². The molecule has 1 fully saturated rings. The number of hydrogen-bond acceptors (Lipinski definition) is 3. The summed E-state index contributed by atoms with van der Waals surface area (Å²) in [5.74, 6) is 0.718. The van der Waals surface area contributed by atoms with Crippen LogP contribution in [-0.4, -0.2) is 27.2 Å². The predicted octanol–water partition coefficient (Wildman–Crippen LogP) is 2.82. The number of pyridine rings is 1. The van der Waals surface area contributed by atoms with E-state index in [1.165, 1.54) is 5.56 Å². The number of benzene rings is 1. The third kappa shape index (κ3) is 3.07. The second-order valence-corrected chi connectivity index (χ2v) is 6.68. The highest BCUT2D eigenvalue weighted by atomic mass is 16.2. The summed E-state index contributed by atoms with van der Waals surface area (Å²) < 4.78 is 1.89. The Bertz CT molecular complexity index is 885. The van der Waals surface area contributed by atoms with Crippen LogP contribution in [0.3, 0.4) is 0 Å². The normalized spacial score (nSPS) is 16.4. The van der Waals surface area contributed by atoms with E-state index in [1.54, 1.807) is 0 Å². The number of nitrogens with one attached hydrogen (secondary N) is 2. The van der Waals surface area contributed by atoms with E-state index in [2.05, 4.69) is 33.0 Å². The molecule has 6 nitrogen and oxygen atoms in total. The van der Waals surface area contributed by atoms with Crippen LogP contribution in [0, 0.1) is 0 Å². The van der Waals surface area contributed by atoms with Crippen molar-refractivity contribution in [3.63, 3.8) is 0 Å². The molecule has 0 spiro atoms. The fourth-order valence-corrected chi connectivity index (χ4v) is 3.23. The van der Waals surface area contributed by atoms with Crippen LogP contribution in [0.2, 0.25) is 0 Å². The first-order valence-corrected chi connectivity index (χ1v) is 8.58. The van der Waals surface area contributed by atoms with Gasteiger partial charge in [-0.2, -0.15) is 0 Å². The molecule has 4 rings (SSSR count). The van der Waals surface area contributed by atoms with Crippen LogP contribution in [0.1, 0.15) is 37.2 Å². The van der Waals surface area contributed by atoms with E-state index in [-0.39, 0.29) is 17.5 Å². The second kappa shape index (κ2) is 6.20. The molecule has 0 aliphatic heterocycles. The first kappa shape index (κ1) is 15.6. The average molecular weight is 335 g/mol. The summed E-state index contributed by atoms with van der Waals surface area (Å²) in [7, 11) is 0. The third-order valence-electron chi connectivity index (χ3n) is 4.90. The van der Waals surface area contributed by atoms with Crippen molar-refractivity contribution in [3.8, 4) is 0 Å². The van der Waals surface area contributed by atoms with Crippen molar-refractivity contribution >= 4 is 11.7 Å². The molecular formula is C19H21N5O. The largest absolute Gasteiger partial charge is 0.337 e. The first-order chi connectivity index (χ1) is 12.2. The molecule has 1 saturated carbocycles. The number of carbonyl (C=O) groups is 1. The van der Waals surface area contributed by atoms with Crippen LogP contribution in [-0.2, 0) is 5.41 Å². The van der Waals surface area contributed by atoms with Crippen molar-refractivity contribution in [1.82, 2.24) is 25.2 Å². The van der Waals surface area contributed by atoms with Crippen molar-refractivity contribution in [2.24, 2.45) is 0 Å². The van der Waals surface area contributed by atoms with Gasteiger partial charge in [-0.1, -0.05) is 36.4 Å². The fraction of sp³-hybridized carbons (Fsp3) is 0.316. The van der Waals surface area contributed by atoms with Crippen molar-refractivity contribution in [3.05, 3.63) is 66.1 Å². The first-order valence-electron chi connectivity index (χ1n) is 8.58.